The molecule has 1 aromatic carbocycles. The van der Waals surface area contributed by atoms with Crippen LogP contribution in [0.2, 0.25) is 0 Å². The summed E-state index contributed by atoms with van der Waals surface area (Å²) in [6.45, 7) is 6.09. The average Bonchev–Trinajstić information content (AvgIpc) is 2.40. The van der Waals surface area contributed by atoms with Gasteiger partial charge in [0.05, 0.1) is 23.9 Å². The predicted octanol–water partition coefficient (Wildman–Crippen LogP) is 2.94. The smallest absolute Gasteiger partial charge is 0.338 e. The summed E-state index contributed by atoms with van der Waals surface area (Å²) in [5, 5.41) is 2.75. The predicted molar refractivity (Wildman–Crippen MR) is 86.2 cm³/mol. The van der Waals surface area contributed by atoms with Gasteiger partial charge in [-0.05, 0) is 53.4 Å². The standard InChI is InChI=1S/C15H21BrN2O3/c1-4-21-15(20)10-5-6-13(11(16)8-10)18-14(19)12(17)7-9(2)3/h5-6,8-9,12H,4,7,17H2,1-3H3,(H,18,19). The second-order valence-electron chi connectivity index (χ2n) is 5.14. The van der Waals surface area contributed by atoms with Crippen molar-refractivity contribution in [2.24, 2.45) is 11.7 Å². The van der Waals surface area contributed by atoms with Gasteiger partial charge < -0.3 is 15.8 Å². The zero-order valence-corrected chi connectivity index (χ0v) is 14.1. The molecule has 0 fully saturated rings. The first kappa shape index (κ1) is 17.7. The van der Waals surface area contributed by atoms with Crippen LogP contribution in [0.25, 0.3) is 0 Å². The fourth-order valence-electron chi connectivity index (χ4n) is 1.80. The maximum atomic E-state index is 12.0. The Morgan fingerprint density at radius 3 is 2.57 bits per heavy atom. The van der Waals surface area contributed by atoms with E-state index in [9.17, 15) is 9.59 Å². The highest BCUT2D eigenvalue weighted by Gasteiger charge is 2.17. The Bertz CT molecular complexity index is 518. The highest BCUT2D eigenvalue weighted by atomic mass is 79.9. The van der Waals surface area contributed by atoms with Crippen molar-refractivity contribution in [1.82, 2.24) is 0 Å². The van der Waals surface area contributed by atoms with Crippen LogP contribution in [0, 0.1) is 5.92 Å². The summed E-state index contributed by atoms with van der Waals surface area (Å²) >= 11 is 3.33. The SMILES string of the molecule is CCOC(=O)c1ccc(NC(=O)C(N)CC(C)C)c(Br)c1. The molecule has 116 valence electrons. The largest absolute Gasteiger partial charge is 0.462 e. The summed E-state index contributed by atoms with van der Waals surface area (Å²) in [5.41, 5.74) is 6.83. The molecule has 6 heteroatoms. The molecule has 3 N–H and O–H groups in total. The molecule has 0 heterocycles. The minimum Gasteiger partial charge on any atom is -0.462 e. The van der Waals surface area contributed by atoms with Crippen molar-refractivity contribution in [2.75, 3.05) is 11.9 Å². The Kier molecular flexibility index (Phi) is 6.84. The molecule has 21 heavy (non-hydrogen) atoms. The van der Waals surface area contributed by atoms with E-state index in [2.05, 4.69) is 21.2 Å². The third-order valence-electron chi connectivity index (χ3n) is 2.80. The molecular formula is C15H21BrN2O3. The van der Waals surface area contributed by atoms with Crippen LogP contribution in [-0.4, -0.2) is 24.5 Å². The lowest BCUT2D eigenvalue weighted by Gasteiger charge is -2.15. The van der Waals surface area contributed by atoms with Gasteiger partial charge in [-0.3, -0.25) is 4.79 Å². The van der Waals surface area contributed by atoms with Crippen molar-refractivity contribution in [3.63, 3.8) is 0 Å². The molecule has 0 aliphatic heterocycles. The van der Waals surface area contributed by atoms with E-state index in [1.165, 1.54) is 0 Å². The van der Waals surface area contributed by atoms with Crippen LogP contribution in [0.5, 0.6) is 0 Å². The molecule has 5 nitrogen and oxygen atoms in total. The fraction of sp³-hybridized carbons (Fsp3) is 0.467. The number of nitrogens with one attached hydrogen (secondary N) is 1. The molecule has 1 amide bonds. The lowest BCUT2D eigenvalue weighted by atomic mass is 10.0. The lowest BCUT2D eigenvalue weighted by Crippen LogP contribution is -2.36. The molecule has 1 rings (SSSR count). The van der Waals surface area contributed by atoms with Gasteiger partial charge in [-0.25, -0.2) is 4.79 Å². The zero-order chi connectivity index (χ0) is 16.0. The van der Waals surface area contributed by atoms with Gasteiger partial charge >= 0.3 is 5.97 Å². The van der Waals surface area contributed by atoms with Crippen LogP contribution in [0.3, 0.4) is 0 Å². The van der Waals surface area contributed by atoms with Crippen molar-refractivity contribution >= 4 is 33.5 Å². The van der Waals surface area contributed by atoms with Crippen LogP contribution in [0.15, 0.2) is 22.7 Å². The molecular weight excluding hydrogens is 336 g/mol. The van der Waals surface area contributed by atoms with Crippen molar-refractivity contribution in [3.8, 4) is 0 Å². The second kappa shape index (κ2) is 8.14. The number of nitrogens with two attached hydrogens (primary N) is 1. The molecule has 0 aromatic heterocycles. The molecule has 1 unspecified atom stereocenters. The molecule has 1 aromatic rings. The van der Waals surface area contributed by atoms with Gasteiger partial charge in [-0.15, -0.1) is 0 Å². The van der Waals surface area contributed by atoms with Crippen LogP contribution in [-0.2, 0) is 9.53 Å². The zero-order valence-electron chi connectivity index (χ0n) is 12.5. The number of esters is 1. The van der Waals surface area contributed by atoms with E-state index >= 15 is 0 Å². The molecule has 0 radical (unpaired) electrons. The van der Waals surface area contributed by atoms with Crippen LogP contribution < -0.4 is 11.1 Å². The van der Waals surface area contributed by atoms with Gasteiger partial charge in [-0.2, -0.15) is 0 Å². The number of carbonyl (C=O) groups is 2. The van der Waals surface area contributed by atoms with Gasteiger partial charge in [0.1, 0.15) is 0 Å². The van der Waals surface area contributed by atoms with E-state index in [1.807, 2.05) is 13.8 Å². The van der Waals surface area contributed by atoms with E-state index in [4.69, 9.17) is 10.5 Å². The summed E-state index contributed by atoms with van der Waals surface area (Å²) < 4.78 is 5.53. The molecule has 0 bridgehead atoms. The topological polar surface area (TPSA) is 81.4 Å². The number of halogens is 1. The number of amides is 1. The first-order chi connectivity index (χ1) is 9.85. The summed E-state index contributed by atoms with van der Waals surface area (Å²) in [4.78, 5) is 23.6. The number of hydrogen-bond acceptors (Lipinski definition) is 4. The van der Waals surface area contributed by atoms with Crippen molar-refractivity contribution in [3.05, 3.63) is 28.2 Å². The summed E-state index contributed by atoms with van der Waals surface area (Å²) in [5.74, 6) is -0.291. The van der Waals surface area contributed by atoms with Crippen LogP contribution >= 0.6 is 15.9 Å². The van der Waals surface area contributed by atoms with Crippen LogP contribution in [0.1, 0.15) is 37.6 Å². The highest BCUT2D eigenvalue weighted by molar-refractivity contribution is 9.10. The van der Waals surface area contributed by atoms with E-state index in [-0.39, 0.29) is 5.91 Å². The average molecular weight is 357 g/mol. The molecule has 0 spiro atoms. The third-order valence-corrected chi connectivity index (χ3v) is 3.46. The Morgan fingerprint density at radius 1 is 1.38 bits per heavy atom. The van der Waals surface area contributed by atoms with Gasteiger partial charge in [0.25, 0.3) is 0 Å². The number of rotatable bonds is 6. The Balaban J connectivity index is 2.77. The van der Waals surface area contributed by atoms with Crippen molar-refractivity contribution in [1.29, 1.82) is 0 Å². The molecule has 0 saturated carbocycles. The number of hydrogen-bond donors (Lipinski definition) is 2. The molecule has 0 aliphatic rings. The van der Waals surface area contributed by atoms with Gasteiger partial charge in [0, 0.05) is 4.47 Å². The maximum absolute atomic E-state index is 12.0. The monoisotopic (exact) mass is 356 g/mol. The quantitative estimate of drug-likeness (QED) is 0.767. The van der Waals surface area contributed by atoms with Crippen molar-refractivity contribution in [2.45, 2.75) is 33.2 Å². The van der Waals surface area contributed by atoms with Crippen molar-refractivity contribution < 1.29 is 14.3 Å². The summed E-state index contributed by atoms with van der Waals surface area (Å²) in [7, 11) is 0. The molecule has 1 atom stereocenters. The number of carbonyl (C=O) groups excluding carboxylic acids is 2. The Labute approximate surface area is 133 Å². The first-order valence-corrected chi connectivity index (χ1v) is 7.67. The summed E-state index contributed by atoms with van der Waals surface area (Å²) in [6.07, 6.45) is 0.615. The van der Waals surface area contributed by atoms with E-state index < -0.39 is 12.0 Å². The van der Waals surface area contributed by atoms with Gasteiger partial charge in [0.15, 0.2) is 0 Å². The highest BCUT2D eigenvalue weighted by Crippen LogP contribution is 2.24. The number of ether oxygens (including phenoxy) is 1. The number of benzene rings is 1. The van der Waals surface area contributed by atoms with Crippen LogP contribution in [0.4, 0.5) is 5.69 Å². The minimum atomic E-state index is -0.554. The Morgan fingerprint density at radius 2 is 2.05 bits per heavy atom. The fourth-order valence-corrected chi connectivity index (χ4v) is 2.28. The Hall–Kier alpha value is -1.40. The third kappa shape index (κ3) is 5.47. The first-order valence-electron chi connectivity index (χ1n) is 6.88. The molecule has 0 saturated heterocycles. The van der Waals surface area contributed by atoms with Gasteiger partial charge in [0.2, 0.25) is 5.91 Å². The molecule has 0 aliphatic carbocycles. The normalized spacial score (nSPS) is 12.1. The maximum Gasteiger partial charge on any atom is 0.338 e. The minimum absolute atomic E-state index is 0.242. The van der Waals surface area contributed by atoms with E-state index in [0.717, 1.165) is 0 Å². The lowest BCUT2D eigenvalue weighted by molar-refractivity contribution is -0.117. The van der Waals surface area contributed by atoms with E-state index in [1.54, 1.807) is 25.1 Å². The van der Waals surface area contributed by atoms with Gasteiger partial charge in [-0.1, -0.05) is 13.8 Å². The number of anilines is 1. The second-order valence-corrected chi connectivity index (χ2v) is 5.99. The van der Waals surface area contributed by atoms with E-state index in [0.29, 0.717) is 34.7 Å². The summed E-state index contributed by atoms with van der Waals surface area (Å²) in [6, 6.07) is 4.31.